The number of hydrogen-bond donors (Lipinski definition) is 10. The maximum Gasteiger partial charge on any atom is 0.425 e. The van der Waals surface area contributed by atoms with Crippen molar-refractivity contribution < 1.29 is 131 Å². The van der Waals surface area contributed by atoms with Gasteiger partial charge in [-0.05, 0) is 129 Å². The van der Waals surface area contributed by atoms with Crippen LogP contribution in [-0.2, 0) is 97.8 Å². The number of thioether (sulfide) groups is 2. The van der Waals surface area contributed by atoms with E-state index in [-0.39, 0.29) is 134 Å². The number of hydrogen-bond acceptors (Lipinski definition) is 43. The summed E-state index contributed by atoms with van der Waals surface area (Å²) in [6.45, 7) is 4.43. The summed E-state index contributed by atoms with van der Waals surface area (Å²) in [7, 11) is -30.6. The highest BCUT2D eigenvalue weighted by Gasteiger charge is 2.24. The van der Waals surface area contributed by atoms with Crippen LogP contribution in [0.1, 0.15) is 41.5 Å². The standard InChI is InChI=1S/C58H56N16O18S7.C2H5NO3S.3O3S/c1-33-24-46(50(93-19-10-22-96(79,80)81)29-40(33)67-66-39-13-6-8-15-53(39)99(88,89)90)71-68-41-30-51(94-20-11-23-97(82,83)84)47(25-34(41)2)72-69-43-28-49(92-18-9-21-95(76,77)78)45(27-42(43)64-58-61-32-60-57(65-58)63-38-12-5-7-14-52(38)98(85,86)87)70-73-54-35(3)37(31-59)55-62-44-26-36(91-4)16-17-48(44)74(55)56(54)75;3-1-2-7(5)6-4;3*1-4(2)3/h5-8,12-17,24-30,32,75H,9-11,18-23H2,1-4H3,(H,76,77,78)(H,79,80,81)(H,82,83,84)(H,85,86,87)(H,88,89,90)(H2,60,61,63,64,65);1,3-4H,2H2;;;. The fourth-order valence-electron chi connectivity index (χ4n) is 9.25. The predicted molar refractivity (Wildman–Crippen MR) is 419 cm³/mol. The first-order valence-electron chi connectivity index (χ1n) is 31.6. The van der Waals surface area contributed by atoms with Gasteiger partial charge in [0.15, 0.2) is 22.4 Å². The molecular formula is C60H61N17O30S11. The molecule has 0 spiro atoms. The summed E-state index contributed by atoms with van der Waals surface area (Å²) >= 11 is 0.496. The van der Waals surface area contributed by atoms with Gasteiger partial charge in [-0.15, -0.1) is 96.4 Å². The topological polar surface area (TPSA) is 737 Å². The van der Waals surface area contributed by atoms with Crippen molar-refractivity contribution in [3.05, 3.63) is 132 Å². The first kappa shape index (κ1) is 97.6. The van der Waals surface area contributed by atoms with Crippen LogP contribution in [0.15, 0.2) is 170 Å². The van der Waals surface area contributed by atoms with Crippen molar-refractivity contribution in [1.82, 2.24) is 24.3 Å². The van der Waals surface area contributed by atoms with E-state index in [4.69, 9.17) is 58.0 Å². The number of methoxy groups -OCH3 is 1. The molecule has 3 heterocycles. The van der Waals surface area contributed by atoms with Gasteiger partial charge in [-0.3, -0.25) is 27.2 Å². The third-order valence-electron chi connectivity index (χ3n) is 14.1. The van der Waals surface area contributed by atoms with Gasteiger partial charge in [0, 0.05) is 33.7 Å². The fraction of sp³-hybridized carbons (Fsp3) is 0.233. The van der Waals surface area contributed by atoms with Gasteiger partial charge >= 0.3 is 31.8 Å². The molecule has 9 rings (SSSR count). The Bertz CT molecular complexity index is 6340. The SMILES string of the molecule is COc1ccc2c(c1)nc1c(C#N)c(C)c(N=Nc3cc(Nc4ncnc(Nc5ccccc5S(=O)(=O)O)n4)c(N=Nc4cc(C)c(N=Nc5cc(C)c(N=Nc6ccccc6S(=O)(=O)O)cc5SCCCS(=O)(=O)O)cc4SCCCS(=O)(=O)O)cc3OCCCS(=O)(=O)O)c(O)n12.N=CCS(=O)OO.O=S(=O)=O.O=S(=O)=O.O=S(=O)=O. The molecular weight excluding hydrogens is 1790 g/mol. The lowest BCUT2D eigenvalue weighted by Gasteiger charge is -2.14. The highest BCUT2D eigenvalue weighted by atomic mass is 32.2. The number of nitrogens with one attached hydrogen (secondary N) is 3. The predicted octanol–water partition coefficient (Wildman–Crippen LogP) is 10.00. The molecule has 58 heteroatoms. The smallest absolute Gasteiger partial charge is 0.425 e. The number of benzene rings is 6. The zero-order chi connectivity index (χ0) is 88.0. The maximum atomic E-state index is 12.3. The van der Waals surface area contributed by atoms with Crippen LogP contribution in [0.4, 0.5) is 68.8 Å². The quantitative estimate of drug-likeness (QED) is 0.00347. The van der Waals surface area contributed by atoms with Crippen LogP contribution in [-0.4, -0.2) is 196 Å². The van der Waals surface area contributed by atoms with Gasteiger partial charge in [0.05, 0.1) is 81.9 Å². The summed E-state index contributed by atoms with van der Waals surface area (Å²) < 4.78 is 270. The molecule has 0 bridgehead atoms. The Labute approximate surface area is 684 Å². The minimum atomic E-state index is -4.76. The van der Waals surface area contributed by atoms with Gasteiger partial charge in [-0.25, -0.2) is 24.4 Å². The second-order valence-corrected chi connectivity index (χ2v) is 34.5. The highest BCUT2D eigenvalue weighted by Crippen LogP contribution is 2.46. The first-order chi connectivity index (χ1) is 55.3. The molecule has 118 heavy (non-hydrogen) atoms. The Kier molecular flexibility index (Phi) is 37.3. The third kappa shape index (κ3) is 32.5. The lowest BCUT2D eigenvalue weighted by Crippen LogP contribution is -2.08. The van der Waals surface area contributed by atoms with Crippen molar-refractivity contribution in [2.24, 2.45) is 40.9 Å². The number of ether oxygens (including phenoxy) is 2. The molecule has 0 radical (unpaired) electrons. The van der Waals surface area contributed by atoms with Gasteiger partial charge in [-0.1, -0.05) is 24.3 Å². The number of para-hydroxylation sites is 1. The van der Waals surface area contributed by atoms with Crippen LogP contribution in [0.5, 0.6) is 17.4 Å². The zero-order valence-corrected chi connectivity index (χ0v) is 69.3. The number of aromatic nitrogens is 5. The van der Waals surface area contributed by atoms with E-state index < -0.39 is 126 Å². The van der Waals surface area contributed by atoms with E-state index in [0.29, 0.717) is 37.7 Å². The van der Waals surface area contributed by atoms with Crippen molar-refractivity contribution in [2.45, 2.75) is 59.6 Å². The molecule has 1 atom stereocenters. The number of nitrogens with zero attached hydrogens (tertiary/aromatic N) is 14. The van der Waals surface area contributed by atoms with E-state index >= 15 is 0 Å². The summed E-state index contributed by atoms with van der Waals surface area (Å²) in [6.07, 6.45) is 1.63. The van der Waals surface area contributed by atoms with Crippen LogP contribution < -0.4 is 20.1 Å². The van der Waals surface area contributed by atoms with Crippen LogP contribution >= 0.6 is 23.5 Å². The van der Waals surface area contributed by atoms with E-state index in [9.17, 15) is 79.4 Å². The summed E-state index contributed by atoms with van der Waals surface area (Å²) in [4.78, 5) is 17.0. The van der Waals surface area contributed by atoms with Crippen LogP contribution in [0.25, 0.3) is 16.7 Å². The molecule has 0 saturated carbocycles. The number of rotatable bonds is 33. The number of pyridine rings is 1. The van der Waals surface area contributed by atoms with Gasteiger partial charge < -0.3 is 30.6 Å². The molecule has 6 aromatic carbocycles. The van der Waals surface area contributed by atoms with Crippen molar-refractivity contribution >= 4 is 209 Å². The number of anilines is 4. The highest BCUT2D eigenvalue weighted by molar-refractivity contribution is 7.99. The molecule has 47 nitrogen and oxygen atoms in total. The summed E-state index contributed by atoms with van der Waals surface area (Å²) in [5.74, 6) is -2.45. The van der Waals surface area contributed by atoms with Crippen molar-refractivity contribution in [3.8, 4) is 23.4 Å². The average molecular weight is 1850 g/mol. The molecule has 0 aliphatic carbocycles. The Balaban J connectivity index is 0.00000117. The van der Waals surface area contributed by atoms with Crippen molar-refractivity contribution in [2.75, 3.05) is 58.9 Å². The van der Waals surface area contributed by atoms with Crippen molar-refractivity contribution in [1.29, 1.82) is 10.7 Å². The monoisotopic (exact) mass is 1850 g/mol. The van der Waals surface area contributed by atoms with Gasteiger partial charge in [0.1, 0.15) is 56.3 Å². The van der Waals surface area contributed by atoms with E-state index in [0.717, 1.165) is 48.2 Å². The number of nitriles is 1. The van der Waals surface area contributed by atoms with E-state index in [1.807, 2.05) is 0 Å². The summed E-state index contributed by atoms with van der Waals surface area (Å²) in [6, 6.07) is 26.5. The molecule has 0 aliphatic heterocycles. The minimum Gasteiger partial charge on any atom is -0.497 e. The Morgan fingerprint density at radius 3 is 1.51 bits per heavy atom. The average Bonchev–Trinajstić information content (AvgIpc) is 1.58. The minimum absolute atomic E-state index is 0.000960. The second kappa shape index (κ2) is 45.1. The van der Waals surface area contributed by atoms with Gasteiger partial charge in [-0.2, -0.15) is 62.6 Å². The summed E-state index contributed by atoms with van der Waals surface area (Å²) in [5, 5.41) is 77.6. The molecule has 10 N–H and O–H groups in total. The molecule has 632 valence electrons. The fourth-order valence-corrected chi connectivity index (χ4v) is 14.5. The van der Waals surface area contributed by atoms with E-state index in [1.165, 1.54) is 67.0 Å². The molecule has 1 unspecified atom stereocenters. The number of fused-ring (bicyclic) bond motifs is 3. The molecule has 0 saturated heterocycles. The Hall–Kier alpha value is -11.0. The molecule has 0 amide bonds. The molecule has 0 aliphatic rings. The molecule has 0 fully saturated rings. The molecule has 9 aromatic rings. The maximum absolute atomic E-state index is 12.3. The van der Waals surface area contributed by atoms with Crippen LogP contribution in [0.2, 0.25) is 0 Å². The lowest BCUT2D eigenvalue weighted by molar-refractivity contribution is -0.123. The van der Waals surface area contributed by atoms with Crippen LogP contribution in [0, 0.1) is 37.5 Å². The second-order valence-electron chi connectivity index (χ2n) is 22.4. The summed E-state index contributed by atoms with van der Waals surface area (Å²) in [5.41, 5.74) is 1.88. The van der Waals surface area contributed by atoms with Crippen LogP contribution in [0.3, 0.4) is 0 Å². The van der Waals surface area contributed by atoms with E-state index in [2.05, 4.69) is 81.9 Å². The number of azo groups is 4. The number of aryl methyl sites for hydroxylation is 2. The van der Waals surface area contributed by atoms with E-state index in [1.54, 1.807) is 56.3 Å². The first-order valence-corrected chi connectivity index (χ1v) is 45.5. The lowest BCUT2D eigenvalue weighted by atomic mass is 10.1. The number of imidazole rings is 1. The Morgan fingerprint density at radius 1 is 0.559 bits per heavy atom. The van der Waals surface area contributed by atoms with Crippen molar-refractivity contribution in [3.63, 3.8) is 0 Å². The normalized spacial score (nSPS) is 12.0. The molecule has 3 aromatic heterocycles. The number of aromatic hydroxyl groups is 1. The Morgan fingerprint density at radius 2 is 1.03 bits per heavy atom. The zero-order valence-electron chi connectivity index (χ0n) is 60.3. The van der Waals surface area contributed by atoms with Gasteiger partial charge in [0.25, 0.3) is 50.6 Å². The van der Waals surface area contributed by atoms with Gasteiger partial charge in [0.2, 0.25) is 17.8 Å². The third-order valence-corrected chi connectivity index (χ3v) is 21.2. The largest absolute Gasteiger partial charge is 0.497 e.